The second kappa shape index (κ2) is 9.66. The van der Waals surface area contributed by atoms with E-state index in [-0.39, 0.29) is 11.4 Å². The number of aryl methyl sites for hydroxylation is 1. The minimum Gasteiger partial charge on any atom is -0.426 e. The van der Waals surface area contributed by atoms with E-state index < -0.39 is 0 Å². The first-order valence-electron chi connectivity index (χ1n) is 8.81. The normalized spacial score (nSPS) is 13.6. The zero-order chi connectivity index (χ0) is 16.4. The molecule has 124 valence electrons. The number of esters is 1. The topological polar surface area (TPSA) is 26.3 Å². The molecule has 0 saturated carbocycles. The molecule has 0 aliphatic heterocycles. The molecule has 0 radical (unpaired) electrons. The van der Waals surface area contributed by atoms with E-state index in [0.717, 1.165) is 32.1 Å². The maximum absolute atomic E-state index is 12.7. The highest BCUT2D eigenvalue weighted by Crippen LogP contribution is 2.33. The molecule has 0 N–H and O–H groups in total. The lowest BCUT2D eigenvalue weighted by Crippen LogP contribution is -2.32. The highest BCUT2D eigenvalue weighted by molar-refractivity contribution is 5.78. The summed E-state index contributed by atoms with van der Waals surface area (Å²) in [6.07, 6.45) is 8.82. The fourth-order valence-corrected chi connectivity index (χ4v) is 2.67. The van der Waals surface area contributed by atoms with E-state index in [1.54, 1.807) is 0 Å². The second-order valence-corrected chi connectivity index (χ2v) is 6.68. The summed E-state index contributed by atoms with van der Waals surface area (Å²) in [5, 5.41) is 0. The number of carbonyl (C=O) groups is 1. The summed E-state index contributed by atoms with van der Waals surface area (Å²) in [6, 6.07) is 7.72. The van der Waals surface area contributed by atoms with Crippen LogP contribution in [0.25, 0.3) is 0 Å². The Morgan fingerprint density at radius 1 is 0.955 bits per heavy atom. The van der Waals surface area contributed by atoms with Crippen LogP contribution in [0.2, 0.25) is 0 Å². The Bertz CT molecular complexity index is 436. The van der Waals surface area contributed by atoms with Gasteiger partial charge in [-0.05, 0) is 38.8 Å². The van der Waals surface area contributed by atoms with Crippen molar-refractivity contribution < 1.29 is 9.53 Å². The molecule has 0 aliphatic carbocycles. The van der Waals surface area contributed by atoms with Crippen molar-refractivity contribution in [2.24, 2.45) is 5.41 Å². The molecule has 22 heavy (non-hydrogen) atoms. The van der Waals surface area contributed by atoms with Crippen LogP contribution in [0.1, 0.15) is 77.7 Å². The van der Waals surface area contributed by atoms with Crippen LogP contribution in [0.15, 0.2) is 24.3 Å². The van der Waals surface area contributed by atoms with Crippen molar-refractivity contribution in [2.45, 2.75) is 79.1 Å². The molecule has 0 heterocycles. The zero-order valence-electron chi connectivity index (χ0n) is 14.8. The van der Waals surface area contributed by atoms with Crippen LogP contribution >= 0.6 is 0 Å². The van der Waals surface area contributed by atoms with Gasteiger partial charge >= 0.3 is 5.97 Å². The van der Waals surface area contributed by atoms with Crippen LogP contribution in [-0.2, 0) is 4.79 Å². The molecule has 0 fully saturated rings. The summed E-state index contributed by atoms with van der Waals surface area (Å²) in [6.45, 7) is 8.49. The van der Waals surface area contributed by atoms with Gasteiger partial charge in [0, 0.05) is 0 Å². The quantitative estimate of drug-likeness (QED) is 0.298. The highest BCUT2D eigenvalue weighted by atomic mass is 16.5. The van der Waals surface area contributed by atoms with Crippen molar-refractivity contribution in [3.63, 3.8) is 0 Å². The molecule has 1 rings (SSSR count). The fraction of sp³-hybridized carbons (Fsp3) is 0.650. The molecular weight excluding hydrogens is 272 g/mol. The number of rotatable bonds is 10. The van der Waals surface area contributed by atoms with Crippen LogP contribution in [0.5, 0.6) is 5.75 Å². The summed E-state index contributed by atoms with van der Waals surface area (Å²) in [4.78, 5) is 12.7. The van der Waals surface area contributed by atoms with Gasteiger partial charge in [-0.25, -0.2) is 0 Å². The lowest BCUT2D eigenvalue weighted by atomic mass is 9.80. The predicted octanol–water partition coefficient (Wildman–Crippen LogP) is 6.07. The Morgan fingerprint density at radius 3 is 2.14 bits per heavy atom. The monoisotopic (exact) mass is 304 g/mol. The van der Waals surface area contributed by atoms with Crippen LogP contribution in [0, 0.1) is 12.3 Å². The van der Waals surface area contributed by atoms with Gasteiger partial charge in [-0.1, -0.05) is 70.1 Å². The maximum atomic E-state index is 12.7. The van der Waals surface area contributed by atoms with Gasteiger partial charge in [0.15, 0.2) is 0 Å². The van der Waals surface area contributed by atoms with E-state index in [2.05, 4.69) is 20.8 Å². The van der Waals surface area contributed by atoms with Crippen LogP contribution in [-0.4, -0.2) is 5.97 Å². The van der Waals surface area contributed by atoms with Crippen LogP contribution < -0.4 is 4.74 Å². The number of carbonyl (C=O) groups excluding carboxylic acids is 1. The van der Waals surface area contributed by atoms with Gasteiger partial charge in [0.05, 0.1) is 5.41 Å². The standard InChI is InChI=1S/C20H32O2/c1-5-7-9-10-16-20(4,15-8-6-2)19(21)22-18-13-11-17(3)12-14-18/h11-14H,5-10,15-16H2,1-4H3. The van der Waals surface area contributed by atoms with E-state index >= 15 is 0 Å². The average molecular weight is 304 g/mol. The summed E-state index contributed by atoms with van der Waals surface area (Å²) < 4.78 is 5.65. The van der Waals surface area contributed by atoms with E-state index in [1.165, 1.54) is 24.8 Å². The van der Waals surface area contributed by atoms with E-state index in [0.29, 0.717) is 5.75 Å². The molecule has 0 aliphatic rings. The minimum absolute atomic E-state index is 0.0682. The van der Waals surface area contributed by atoms with Crippen LogP contribution in [0.3, 0.4) is 0 Å². The summed E-state index contributed by atoms with van der Waals surface area (Å²) in [7, 11) is 0. The van der Waals surface area contributed by atoms with E-state index in [9.17, 15) is 4.79 Å². The molecule has 0 saturated heterocycles. The Morgan fingerprint density at radius 2 is 1.55 bits per heavy atom. The Hall–Kier alpha value is -1.31. The molecule has 0 bridgehead atoms. The molecule has 2 nitrogen and oxygen atoms in total. The lowest BCUT2D eigenvalue weighted by molar-refractivity contribution is -0.146. The maximum Gasteiger partial charge on any atom is 0.317 e. The first-order chi connectivity index (χ1) is 10.5. The van der Waals surface area contributed by atoms with Crippen molar-refractivity contribution in [3.8, 4) is 5.75 Å². The Balaban J connectivity index is 2.67. The first kappa shape index (κ1) is 18.7. The van der Waals surface area contributed by atoms with Crippen molar-refractivity contribution in [1.82, 2.24) is 0 Å². The van der Waals surface area contributed by atoms with Crippen molar-refractivity contribution in [3.05, 3.63) is 29.8 Å². The third-order valence-electron chi connectivity index (χ3n) is 4.39. The van der Waals surface area contributed by atoms with Gasteiger partial charge in [-0.15, -0.1) is 0 Å². The smallest absolute Gasteiger partial charge is 0.317 e. The average Bonchev–Trinajstić information content (AvgIpc) is 2.52. The van der Waals surface area contributed by atoms with Gasteiger partial charge in [0.2, 0.25) is 0 Å². The number of benzene rings is 1. The Kier molecular flexibility index (Phi) is 8.22. The molecule has 1 aromatic rings. The minimum atomic E-state index is -0.353. The number of ether oxygens (including phenoxy) is 1. The van der Waals surface area contributed by atoms with E-state index in [4.69, 9.17) is 4.74 Å². The fourth-order valence-electron chi connectivity index (χ4n) is 2.67. The van der Waals surface area contributed by atoms with Gasteiger partial charge in [-0.2, -0.15) is 0 Å². The van der Waals surface area contributed by atoms with Crippen molar-refractivity contribution in [2.75, 3.05) is 0 Å². The van der Waals surface area contributed by atoms with E-state index in [1.807, 2.05) is 31.2 Å². The molecule has 1 aromatic carbocycles. The largest absolute Gasteiger partial charge is 0.426 e. The van der Waals surface area contributed by atoms with Crippen molar-refractivity contribution >= 4 is 5.97 Å². The first-order valence-corrected chi connectivity index (χ1v) is 8.81. The SMILES string of the molecule is CCCCCCC(C)(CCCC)C(=O)Oc1ccc(C)cc1. The van der Waals surface area contributed by atoms with Crippen molar-refractivity contribution in [1.29, 1.82) is 0 Å². The molecule has 1 unspecified atom stereocenters. The number of hydrogen-bond donors (Lipinski definition) is 0. The third kappa shape index (κ3) is 6.21. The van der Waals surface area contributed by atoms with Gasteiger partial charge < -0.3 is 4.74 Å². The Labute approximate surface area is 136 Å². The van der Waals surface area contributed by atoms with Gasteiger partial charge in [0.25, 0.3) is 0 Å². The second-order valence-electron chi connectivity index (χ2n) is 6.68. The highest BCUT2D eigenvalue weighted by Gasteiger charge is 2.34. The molecule has 0 spiro atoms. The molecule has 0 amide bonds. The number of unbranched alkanes of at least 4 members (excludes halogenated alkanes) is 4. The predicted molar refractivity (Wildman–Crippen MR) is 93.2 cm³/mol. The molecular formula is C20H32O2. The summed E-state index contributed by atoms with van der Waals surface area (Å²) in [5.41, 5.74) is 0.822. The summed E-state index contributed by atoms with van der Waals surface area (Å²) >= 11 is 0. The molecule has 0 aromatic heterocycles. The van der Waals surface area contributed by atoms with Gasteiger partial charge in [-0.3, -0.25) is 4.79 Å². The third-order valence-corrected chi connectivity index (χ3v) is 4.39. The lowest BCUT2D eigenvalue weighted by Gasteiger charge is -2.27. The molecule has 1 atom stereocenters. The summed E-state index contributed by atoms with van der Waals surface area (Å²) in [5.74, 6) is 0.591. The number of hydrogen-bond acceptors (Lipinski definition) is 2. The van der Waals surface area contributed by atoms with Crippen LogP contribution in [0.4, 0.5) is 0 Å². The zero-order valence-corrected chi connectivity index (χ0v) is 14.8. The van der Waals surface area contributed by atoms with Gasteiger partial charge in [0.1, 0.15) is 5.75 Å². The molecule has 2 heteroatoms.